The van der Waals surface area contributed by atoms with Crippen molar-refractivity contribution in [2.24, 2.45) is 0 Å². The summed E-state index contributed by atoms with van der Waals surface area (Å²) in [5.74, 6) is 1.87. The van der Waals surface area contributed by atoms with E-state index in [0.29, 0.717) is 0 Å². The Morgan fingerprint density at radius 3 is 2.75 bits per heavy atom. The summed E-state index contributed by atoms with van der Waals surface area (Å²) in [5.41, 5.74) is 3.70. The summed E-state index contributed by atoms with van der Waals surface area (Å²) >= 11 is 1.31. The van der Waals surface area contributed by atoms with E-state index in [9.17, 15) is 0 Å². The largest absolute Gasteiger partial charge is 0.496 e. The molecule has 3 heteroatoms. The molecule has 0 spiro atoms. The molecule has 0 aliphatic rings. The fourth-order valence-corrected chi connectivity index (χ4v) is 2.28. The lowest BCUT2D eigenvalue weighted by Gasteiger charge is -2.12. The van der Waals surface area contributed by atoms with E-state index in [1.165, 1.54) is 28.5 Å². The average Bonchev–Trinajstić information content (AvgIpc) is 2.24. The predicted octanol–water partition coefficient (Wildman–Crippen LogP) is 3.46. The van der Waals surface area contributed by atoms with Crippen molar-refractivity contribution in [3.8, 4) is 11.2 Å². The maximum atomic E-state index is 8.44. The third kappa shape index (κ3) is 3.46. The van der Waals surface area contributed by atoms with Crippen LogP contribution in [-0.4, -0.2) is 12.9 Å². The van der Waals surface area contributed by atoms with Gasteiger partial charge in [0.05, 0.1) is 7.11 Å². The zero-order valence-electron chi connectivity index (χ0n) is 10.0. The van der Waals surface area contributed by atoms with Crippen molar-refractivity contribution in [1.29, 1.82) is 5.26 Å². The van der Waals surface area contributed by atoms with Gasteiger partial charge in [-0.1, -0.05) is 17.7 Å². The molecule has 0 aliphatic carbocycles. The van der Waals surface area contributed by atoms with E-state index in [1.54, 1.807) is 7.11 Å². The highest BCUT2D eigenvalue weighted by atomic mass is 32.2. The first kappa shape index (κ1) is 12.9. The number of thiocyanates is 1. The number of methoxy groups -OCH3 is 1. The Kier molecular flexibility index (Phi) is 5.21. The normalized spacial score (nSPS) is 9.88. The Morgan fingerprint density at radius 2 is 2.12 bits per heavy atom. The highest BCUT2D eigenvalue weighted by molar-refractivity contribution is 8.03. The van der Waals surface area contributed by atoms with Gasteiger partial charge in [0.1, 0.15) is 11.2 Å². The molecule has 2 nitrogen and oxygen atoms in total. The minimum absolute atomic E-state index is 0.882. The number of rotatable bonds is 5. The number of benzene rings is 1. The van der Waals surface area contributed by atoms with Gasteiger partial charge in [-0.15, -0.1) is 0 Å². The number of hydrogen-bond acceptors (Lipinski definition) is 3. The number of ether oxygens (including phenoxy) is 1. The molecule has 86 valence electrons. The summed E-state index contributed by atoms with van der Waals surface area (Å²) < 4.78 is 5.42. The third-order valence-electron chi connectivity index (χ3n) is 2.46. The molecule has 1 rings (SSSR count). The van der Waals surface area contributed by atoms with Crippen molar-refractivity contribution in [1.82, 2.24) is 0 Å². The number of nitrogens with zero attached hydrogens (tertiary/aromatic N) is 1. The van der Waals surface area contributed by atoms with Crippen LogP contribution in [0, 0.1) is 24.5 Å². The lowest BCUT2D eigenvalue weighted by Crippen LogP contribution is -1.97. The molecular formula is C13H17NOS. The SMILES string of the molecule is COc1c(C)cc(C)cc1CCCSC#N. The molecule has 0 bridgehead atoms. The van der Waals surface area contributed by atoms with Gasteiger partial charge in [0.2, 0.25) is 0 Å². The fourth-order valence-electron chi connectivity index (χ4n) is 1.90. The number of nitriles is 1. The molecule has 0 unspecified atom stereocenters. The third-order valence-corrected chi connectivity index (χ3v) is 3.08. The molecule has 0 aliphatic heterocycles. The lowest BCUT2D eigenvalue weighted by atomic mass is 10.0. The number of hydrogen-bond donors (Lipinski definition) is 0. The Bertz CT molecular complexity index is 396. The van der Waals surface area contributed by atoms with Crippen LogP contribution in [0.5, 0.6) is 5.75 Å². The molecule has 0 atom stereocenters. The summed E-state index contributed by atoms with van der Waals surface area (Å²) in [6, 6.07) is 4.30. The molecule has 0 radical (unpaired) electrons. The van der Waals surface area contributed by atoms with Crippen LogP contribution in [0.3, 0.4) is 0 Å². The van der Waals surface area contributed by atoms with Crippen molar-refractivity contribution in [3.63, 3.8) is 0 Å². The van der Waals surface area contributed by atoms with Crippen molar-refractivity contribution >= 4 is 11.8 Å². The van der Waals surface area contributed by atoms with E-state index in [1.807, 2.05) is 0 Å². The molecule has 0 heterocycles. The lowest BCUT2D eigenvalue weighted by molar-refractivity contribution is 0.406. The summed E-state index contributed by atoms with van der Waals surface area (Å²) in [6.45, 7) is 4.17. The summed E-state index contributed by atoms with van der Waals surface area (Å²) in [7, 11) is 1.71. The molecule has 0 aromatic heterocycles. The van der Waals surface area contributed by atoms with Crippen LogP contribution in [0.4, 0.5) is 0 Å². The second-order valence-corrected chi connectivity index (χ2v) is 4.70. The van der Waals surface area contributed by atoms with Gasteiger partial charge in [-0.2, -0.15) is 5.26 Å². The summed E-state index contributed by atoms with van der Waals surface area (Å²) in [6.07, 6.45) is 1.98. The standard InChI is InChI=1S/C13H17NOS/c1-10-7-11(2)13(15-3)12(8-10)5-4-6-16-9-14/h7-8H,4-6H2,1-3H3. The Labute approximate surface area is 102 Å². The molecule has 1 aromatic carbocycles. The minimum atomic E-state index is 0.882. The zero-order chi connectivity index (χ0) is 12.0. The molecule has 0 N–H and O–H groups in total. The van der Waals surface area contributed by atoms with Gasteiger partial charge < -0.3 is 4.74 Å². The van der Waals surface area contributed by atoms with Gasteiger partial charge in [-0.3, -0.25) is 0 Å². The first-order chi connectivity index (χ1) is 7.69. The summed E-state index contributed by atoms with van der Waals surface area (Å²) in [4.78, 5) is 0. The van der Waals surface area contributed by atoms with Crippen LogP contribution in [0.1, 0.15) is 23.1 Å². The van der Waals surface area contributed by atoms with Crippen molar-refractivity contribution in [2.75, 3.05) is 12.9 Å². The van der Waals surface area contributed by atoms with E-state index in [4.69, 9.17) is 10.00 Å². The van der Waals surface area contributed by atoms with Crippen LogP contribution in [0.25, 0.3) is 0 Å². The van der Waals surface area contributed by atoms with Crippen molar-refractivity contribution in [3.05, 3.63) is 28.8 Å². The first-order valence-corrected chi connectivity index (χ1v) is 6.32. The fraction of sp³-hybridized carbons (Fsp3) is 0.462. The molecule has 0 fully saturated rings. The molecule has 0 saturated heterocycles. The highest BCUT2D eigenvalue weighted by Crippen LogP contribution is 2.26. The van der Waals surface area contributed by atoms with Gasteiger partial charge in [0.25, 0.3) is 0 Å². The van der Waals surface area contributed by atoms with Gasteiger partial charge in [0.15, 0.2) is 0 Å². The predicted molar refractivity (Wildman–Crippen MR) is 68.9 cm³/mol. The van der Waals surface area contributed by atoms with E-state index >= 15 is 0 Å². The van der Waals surface area contributed by atoms with Gasteiger partial charge >= 0.3 is 0 Å². The minimum Gasteiger partial charge on any atom is -0.496 e. The smallest absolute Gasteiger partial charge is 0.133 e. The zero-order valence-corrected chi connectivity index (χ0v) is 10.9. The van der Waals surface area contributed by atoms with Crippen LogP contribution in [-0.2, 0) is 6.42 Å². The second kappa shape index (κ2) is 6.44. The number of aryl methyl sites for hydroxylation is 3. The van der Waals surface area contributed by atoms with Crippen LogP contribution in [0.2, 0.25) is 0 Å². The average molecular weight is 235 g/mol. The second-order valence-electron chi connectivity index (χ2n) is 3.82. The highest BCUT2D eigenvalue weighted by Gasteiger charge is 2.07. The van der Waals surface area contributed by atoms with E-state index < -0.39 is 0 Å². The van der Waals surface area contributed by atoms with Crippen LogP contribution < -0.4 is 4.74 Å². The molecule has 0 amide bonds. The maximum Gasteiger partial charge on any atom is 0.133 e. The molecule has 0 saturated carbocycles. The van der Waals surface area contributed by atoms with Crippen LogP contribution >= 0.6 is 11.8 Å². The van der Waals surface area contributed by atoms with Crippen molar-refractivity contribution in [2.45, 2.75) is 26.7 Å². The topological polar surface area (TPSA) is 33.0 Å². The van der Waals surface area contributed by atoms with Crippen molar-refractivity contribution < 1.29 is 4.74 Å². The molecule has 16 heavy (non-hydrogen) atoms. The molecular weight excluding hydrogens is 218 g/mol. The van der Waals surface area contributed by atoms with E-state index in [2.05, 4.69) is 31.4 Å². The Morgan fingerprint density at radius 1 is 1.38 bits per heavy atom. The van der Waals surface area contributed by atoms with E-state index in [0.717, 1.165) is 24.3 Å². The quantitative estimate of drug-likeness (QED) is 0.579. The van der Waals surface area contributed by atoms with Gasteiger partial charge in [-0.25, -0.2) is 0 Å². The van der Waals surface area contributed by atoms with Gasteiger partial charge in [0, 0.05) is 5.75 Å². The van der Waals surface area contributed by atoms with Gasteiger partial charge in [-0.05, 0) is 49.6 Å². The maximum absolute atomic E-state index is 8.44. The monoisotopic (exact) mass is 235 g/mol. The first-order valence-electron chi connectivity index (χ1n) is 5.34. The molecule has 1 aromatic rings. The Hall–Kier alpha value is -1.14. The van der Waals surface area contributed by atoms with E-state index in [-0.39, 0.29) is 0 Å². The summed E-state index contributed by atoms with van der Waals surface area (Å²) in [5, 5.41) is 10.5. The Balaban J connectivity index is 2.74. The number of thioether (sulfide) groups is 1. The van der Waals surface area contributed by atoms with Crippen LogP contribution in [0.15, 0.2) is 12.1 Å².